The molecule has 0 aromatic heterocycles. The number of fused-ring (bicyclic) bond motifs is 1. The van der Waals surface area contributed by atoms with Gasteiger partial charge < -0.3 is 4.84 Å². The van der Waals surface area contributed by atoms with Crippen molar-refractivity contribution >= 4 is 15.7 Å². The van der Waals surface area contributed by atoms with E-state index in [0.717, 1.165) is 17.7 Å². The van der Waals surface area contributed by atoms with Gasteiger partial charge in [-0.15, -0.1) is 0 Å². The van der Waals surface area contributed by atoms with E-state index in [1.807, 2.05) is 19.1 Å². The van der Waals surface area contributed by atoms with Crippen LogP contribution >= 0.6 is 0 Å². The van der Waals surface area contributed by atoms with E-state index in [1.54, 1.807) is 16.4 Å². The number of hydrogen-bond donors (Lipinski definition) is 0. The molecule has 1 aromatic rings. The Morgan fingerprint density at radius 3 is 2.62 bits per heavy atom. The van der Waals surface area contributed by atoms with Crippen molar-refractivity contribution < 1.29 is 13.3 Å². The zero-order valence-corrected chi connectivity index (χ0v) is 13.4. The maximum Gasteiger partial charge on any atom is 0.243 e. The van der Waals surface area contributed by atoms with Gasteiger partial charge >= 0.3 is 0 Å². The molecule has 1 aliphatic heterocycles. The fourth-order valence-corrected chi connectivity index (χ4v) is 4.85. The first-order chi connectivity index (χ1) is 9.88. The van der Waals surface area contributed by atoms with Gasteiger partial charge in [-0.25, -0.2) is 8.42 Å². The van der Waals surface area contributed by atoms with Crippen molar-refractivity contribution in [2.24, 2.45) is 16.5 Å². The molecule has 0 N–H and O–H groups in total. The Balaban J connectivity index is 1.86. The predicted molar refractivity (Wildman–Crippen MR) is 80.6 cm³/mol. The van der Waals surface area contributed by atoms with Gasteiger partial charge in [0.25, 0.3) is 0 Å². The summed E-state index contributed by atoms with van der Waals surface area (Å²) in [7, 11) is -1.89. The van der Waals surface area contributed by atoms with E-state index >= 15 is 0 Å². The van der Waals surface area contributed by atoms with Gasteiger partial charge in [-0.05, 0) is 31.4 Å². The standard InChI is InChI=1S/C15H20N2O3S/c1-11-4-6-13(7-5-11)21(18,19)17-9-12-8-14(16-20-3)15(12,2)10-17/h4-7,12H,8-10H2,1-3H3/b16-14-/t12-,15+/m0/s1. The van der Waals surface area contributed by atoms with Gasteiger partial charge in [0.15, 0.2) is 0 Å². The molecule has 5 nitrogen and oxygen atoms in total. The first-order valence-electron chi connectivity index (χ1n) is 7.05. The predicted octanol–water partition coefficient (Wildman–Crippen LogP) is 2.03. The second kappa shape index (κ2) is 4.81. The highest BCUT2D eigenvalue weighted by atomic mass is 32.2. The monoisotopic (exact) mass is 308 g/mol. The molecule has 3 rings (SSSR count). The summed E-state index contributed by atoms with van der Waals surface area (Å²) < 4.78 is 27.0. The Labute approximate surface area is 125 Å². The van der Waals surface area contributed by atoms with Crippen LogP contribution in [0.3, 0.4) is 0 Å². The molecule has 0 amide bonds. The molecule has 1 heterocycles. The maximum absolute atomic E-state index is 12.7. The molecule has 2 atom stereocenters. The zero-order valence-electron chi connectivity index (χ0n) is 12.5. The van der Waals surface area contributed by atoms with Crippen molar-refractivity contribution in [2.75, 3.05) is 20.2 Å². The SMILES string of the molecule is CO/N=C1/C[C@H]2CN(S(=O)(=O)c3ccc(C)cc3)C[C@@]12C. The zero-order chi connectivity index (χ0) is 15.3. The Kier molecular flexibility index (Phi) is 3.33. The lowest BCUT2D eigenvalue weighted by molar-refractivity contribution is 0.189. The summed E-state index contributed by atoms with van der Waals surface area (Å²) in [6, 6.07) is 7.02. The van der Waals surface area contributed by atoms with Crippen molar-refractivity contribution in [3.8, 4) is 0 Å². The van der Waals surface area contributed by atoms with E-state index in [1.165, 1.54) is 7.11 Å². The molecule has 1 saturated heterocycles. The van der Waals surface area contributed by atoms with Crippen LogP contribution in [0.2, 0.25) is 0 Å². The molecule has 2 fully saturated rings. The molecule has 2 aliphatic rings. The summed E-state index contributed by atoms with van der Waals surface area (Å²) in [5.74, 6) is 0.339. The average Bonchev–Trinajstić information content (AvgIpc) is 2.71. The van der Waals surface area contributed by atoms with Crippen molar-refractivity contribution in [3.05, 3.63) is 29.8 Å². The number of nitrogens with zero attached hydrogens (tertiary/aromatic N) is 2. The number of sulfonamides is 1. The van der Waals surface area contributed by atoms with Crippen LogP contribution in [0.4, 0.5) is 0 Å². The number of benzene rings is 1. The van der Waals surface area contributed by atoms with Gasteiger partial charge in [-0.1, -0.05) is 29.8 Å². The average molecular weight is 308 g/mol. The van der Waals surface area contributed by atoms with Crippen molar-refractivity contribution in [3.63, 3.8) is 0 Å². The van der Waals surface area contributed by atoms with Gasteiger partial charge in [-0.3, -0.25) is 0 Å². The van der Waals surface area contributed by atoms with Crippen LogP contribution in [0.1, 0.15) is 18.9 Å². The third kappa shape index (κ3) is 2.17. The fourth-order valence-electron chi connectivity index (χ4n) is 3.25. The lowest BCUT2D eigenvalue weighted by Gasteiger charge is -2.41. The molecule has 6 heteroatoms. The largest absolute Gasteiger partial charge is 0.399 e. The van der Waals surface area contributed by atoms with E-state index in [4.69, 9.17) is 4.84 Å². The number of hydrogen-bond acceptors (Lipinski definition) is 4. The van der Waals surface area contributed by atoms with Crippen LogP contribution in [0.15, 0.2) is 34.3 Å². The summed E-state index contributed by atoms with van der Waals surface area (Å²) >= 11 is 0. The van der Waals surface area contributed by atoms with E-state index in [2.05, 4.69) is 12.1 Å². The number of rotatable bonds is 3. The van der Waals surface area contributed by atoms with Crippen molar-refractivity contribution in [2.45, 2.75) is 25.2 Å². The van der Waals surface area contributed by atoms with Gasteiger partial charge in [-0.2, -0.15) is 4.31 Å². The number of oxime groups is 1. The van der Waals surface area contributed by atoms with Gasteiger partial charge in [0, 0.05) is 18.5 Å². The minimum Gasteiger partial charge on any atom is -0.399 e. The maximum atomic E-state index is 12.7. The van der Waals surface area contributed by atoms with Gasteiger partial charge in [0.2, 0.25) is 10.0 Å². The normalized spacial score (nSPS) is 31.0. The molecule has 21 heavy (non-hydrogen) atoms. The molecular weight excluding hydrogens is 288 g/mol. The van der Waals surface area contributed by atoms with Gasteiger partial charge in [0.1, 0.15) is 7.11 Å². The second-order valence-corrected chi connectivity index (χ2v) is 8.09. The minimum atomic E-state index is -3.42. The summed E-state index contributed by atoms with van der Waals surface area (Å²) in [6.07, 6.45) is 0.824. The summed E-state index contributed by atoms with van der Waals surface area (Å²) in [4.78, 5) is 5.22. The topological polar surface area (TPSA) is 59.0 Å². The Morgan fingerprint density at radius 1 is 1.33 bits per heavy atom. The molecule has 0 spiro atoms. The van der Waals surface area contributed by atoms with Crippen LogP contribution in [0.5, 0.6) is 0 Å². The van der Waals surface area contributed by atoms with Crippen LogP contribution in [0, 0.1) is 18.3 Å². The molecular formula is C15H20N2O3S. The minimum absolute atomic E-state index is 0.173. The van der Waals surface area contributed by atoms with E-state index < -0.39 is 10.0 Å². The third-order valence-corrected chi connectivity index (χ3v) is 6.62. The molecule has 0 bridgehead atoms. The first-order valence-corrected chi connectivity index (χ1v) is 8.49. The van der Waals surface area contributed by atoms with Crippen LogP contribution < -0.4 is 0 Å². The fraction of sp³-hybridized carbons (Fsp3) is 0.533. The molecule has 0 radical (unpaired) electrons. The molecule has 1 aliphatic carbocycles. The summed E-state index contributed by atoms with van der Waals surface area (Å²) in [6.45, 7) is 5.07. The van der Waals surface area contributed by atoms with E-state index in [-0.39, 0.29) is 5.41 Å². The van der Waals surface area contributed by atoms with Crippen molar-refractivity contribution in [1.82, 2.24) is 4.31 Å². The summed E-state index contributed by atoms with van der Waals surface area (Å²) in [5, 5.41) is 4.04. The number of aryl methyl sites for hydroxylation is 1. The van der Waals surface area contributed by atoms with Crippen LogP contribution in [-0.2, 0) is 14.9 Å². The quantitative estimate of drug-likeness (QED) is 0.803. The van der Waals surface area contributed by atoms with Crippen LogP contribution in [-0.4, -0.2) is 38.6 Å². The first kappa shape index (κ1) is 14.5. The second-order valence-electron chi connectivity index (χ2n) is 6.15. The van der Waals surface area contributed by atoms with E-state index in [9.17, 15) is 8.42 Å². The lowest BCUT2D eigenvalue weighted by Crippen LogP contribution is -2.47. The summed E-state index contributed by atoms with van der Waals surface area (Å²) in [5.41, 5.74) is 1.85. The highest BCUT2D eigenvalue weighted by Gasteiger charge is 2.57. The lowest BCUT2D eigenvalue weighted by atomic mass is 9.62. The Hall–Kier alpha value is -1.40. The third-order valence-electron chi connectivity index (χ3n) is 4.79. The van der Waals surface area contributed by atoms with E-state index in [0.29, 0.717) is 23.9 Å². The molecule has 1 saturated carbocycles. The van der Waals surface area contributed by atoms with Crippen LogP contribution in [0.25, 0.3) is 0 Å². The van der Waals surface area contributed by atoms with Crippen molar-refractivity contribution in [1.29, 1.82) is 0 Å². The molecule has 114 valence electrons. The highest BCUT2D eigenvalue weighted by Crippen LogP contribution is 2.50. The Morgan fingerprint density at radius 2 is 2.00 bits per heavy atom. The molecule has 0 unspecified atom stereocenters. The highest BCUT2D eigenvalue weighted by molar-refractivity contribution is 7.89. The smallest absolute Gasteiger partial charge is 0.243 e. The molecule has 1 aromatic carbocycles. The Bertz CT molecular complexity index is 681. The van der Waals surface area contributed by atoms with Gasteiger partial charge in [0.05, 0.1) is 10.6 Å².